The second kappa shape index (κ2) is 6.75. The first-order valence-electron chi connectivity index (χ1n) is 6.75. The number of carbonyl (C=O) groups excluding carboxylic acids is 1. The molecule has 3 heteroatoms. The SMILES string of the molecule is CC(C)(OC(=O)OC=Cc1ccccc1)c1ccccc1. The van der Waals surface area contributed by atoms with Gasteiger partial charge in [-0.15, -0.1) is 0 Å². The molecule has 0 saturated carbocycles. The Bertz CT molecular complexity index is 601. The van der Waals surface area contributed by atoms with Crippen molar-refractivity contribution in [3.8, 4) is 0 Å². The first kappa shape index (κ1) is 14.9. The first-order valence-corrected chi connectivity index (χ1v) is 6.75. The molecular formula is C18H18O3. The predicted octanol–water partition coefficient (Wildman–Crippen LogP) is 4.75. The minimum absolute atomic E-state index is 0.726. The molecule has 0 N–H and O–H groups in total. The Hall–Kier alpha value is -2.55. The molecule has 0 unspecified atom stereocenters. The quantitative estimate of drug-likeness (QED) is 0.600. The van der Waals surface area contributed by atoms with Crippen LogP contribution in [0.3, 0.4) is 0 Å². The van der Waals surface area contributed by atoms with Crippen LogP contribution in [-0.2, 0) is 15.1 Å². The highest BCUT2D eigenvalue weighted by molar-refractivity contribution is 5.63. The Morgan fingerprint density at radius 2 is 1.52 bits per heavy atom. The summed E-state index contributed by atoms with van der Waals surface area (Å²) in [6, 6.07) is 19.1. The predicted molar refractivity (Wildman–Crippen MR) is 82.5 cm³/mol. The number of ether oxygens (including phenoxy) is 2. The highest BCUT2D eigenvalue weighted by atomic mass is 16.7. The second-order valence-electron chi connectivity index (χ2n) is 5.06. The molecule has 0 aromatic heterocycles. The van der Waals surface area contributed by atoms with Crippen molar-refractivity contribution in [2.24, 2.45) is 0 Å². The number of hydrogen-bond donors (Lipinski definition) is 0. The van der Waals surface area contributed by atoms with Gasteiger partial charge in [-0.25, -0.2) is 4.79 Å². The van der Waals surface area contributed by atoms with Crippen molar-refractivity contribution in [3.63, 3.8) is 0 Å². The van der Waals surface area contributed by atoms with E-state index in [0.717, 1.165) is 11.1 Å². The zero-order chi connectivity index (χ0) is 15.1. The standard InChI is InChI=1S/C18H18O3/c1-18(2,16-11-7-4-8-12-16)21-17(19)20-14-13-15-9-5-3-6-10-15/h3-14H,1-2H3. The van der Waals surface area contributed by atoms with Gasteiger partial charge in [0.25, 0.3) is 0 Å². The van der Waals surface area contributed by atoms with Gasteiger partial charge in [-0.05, 0) is 31.1 Å². The summed E-state index contributed by atoms with van der Waals surface area (Å²) in [4.78, 5) is 11.7. The average Bonchev–Trinajstić information content (AvgIpc) is 2.49. The number of benzene rings is 2. The summed E-state index contributed by atoms with van der Waals surface area (Å²) in [6.45, 7) is 3.65. The molecule has 2 rings (SSSR count). The van der Waals surface area contributed by atoms with Crippen molar-refractivity contribution >= 4 is 12.2 Å². The zero-order valence-electron chi connectivity index (χ0n) is 12.2. The van der Waals surface area contributed by atoms with E-state index in [9.17, 15) is 4.79 Å². The second-order valence-corrected chi connectivity index (χ2v) is 5.06. The molecule has 0 heterocycles. The molecule has 0 atom stereocenters. The van der Waals surface area contributed by atoms with Gasteiger partial charge in [0.05, 0.1) is 6.26 Å². The fourth-order valence-electron chi connectivity index (χ4n) is 1.86. The summed E-state index contributed by atoms with van der Waals surface area (Å²) in [5.41, 5.74) is 1.13. The molecule has 0 spiro atoms. The summed E-state index contributed by atoms with van der Waals surface area (Å²) in [7, 11) is 0. The molecule has 0 amide bonds. The van der Waals surface area contributed by atoms with E-state index in [4.69, 9.17) is 9.47 Å². The third-order valence-corrected chi connectivity index (χ3v) is 3.03. The van der Waals surface area contributed by atoms with Crippen molar-refractivity contribution in [2.45, 2.75) is 19.4 Å². The van der Waals surface area contributed by atoms with Crippen LogP contribution in [0.15, 0.2) is 66.9 Å². The fourth-order valence-corrected chi connectivity index (χ4v) is 1.86. The lowest BCUT2D eigenvalue weighted by atomic mass is 9.98. The van der Waals surface area contributed by atoms with Crippen LogP contribution in [0.1, 0.15) is 25.0 Å². The van der Waals surface area contributed by atoms with Crippen LogP contribution in [0.5, 0.6) is 0 Å². The maximum absolute atomic E-state index is 11.7. The van der Waals surface area contributed by atoms with E-state index in [1.54, 1.807) is 6.08 Å². The van der Waals surface area contributed by atoms with E-state index < -0.39 is 11.8 Å². The maximum Gasteiger partial charge on any atom is 0.514 e. The van der Waals surface area contributed by atoms with Gasteiger partial charge in [-0.1, -0.05) is 60.7 Å². The molecular weight excluding hydrogens is 264 g/mol. The van der Waals surface area contributed by atoms with E-state index >= 15 is 0 Å². The molecule has 3 nitrogen and oxygen atoms in total. The van der Waals surface area contributed by atoms with Crippen LogP contribution in [0.25, 0.3) is 6.08 Å². The number of hydrogen-bond acceptors (Lipinski definition) is 3. The van der Waals surface area contributed by atoms with Crippen LogP contribution in [-0.4, -0.2) is 6.16 Å². The van der Waals surface area contributed by atoms with Crippen molar-refractivity contribution in [3.05, 3.63) is 78.1 Å². The highest BCUT2D eigenvalue weighted by Crippen LogP contribution is 2.24. The Morgan fingerprint density at radius 1 is 0.952 bits per heavy atom. The average molecular weight is 282 g/mol. The Morgan fingerprint density at radius 3 is 2.14 bits per heavy atom. The fraction of sp³-hybridized carbons (Fsp3) is 0.167. The van der Waals surface area contributed by atoms with Crippen LogP contribution < -0.4 is 0 Å². The smallest absolute Gasteiger partial charge is 0.423 e. The molecule has 0 aliphatic rings. The third-order valence-electron chi connectivity index (χ3n) is 3.03. The lowest BCUT2D eigenvalue weighted by molar-refractivity contribution is -0.00226. The largest absolute Gasteiger partial charge is 0.514 e. The molecule has 2 aromatic rings. The Kier molecular flexibility index (Phi) is 4.77. The zero-order valence-corrected chi connectivity index (χ0v) is 12.2. The highest BCUT2D eigenvalue weighted by Gasteiger charge is 2.25. The lowest BCUT2D eigenvalue weighted by Crippen LogP contribution is -2.25. The van der Waals surface area contributed by atoms with Gasteiger partial charge in [0.2, 0.25) is 0 Å². The minimum Gasteiger partial charge on any atom is -0.423 e. The molecule has 108 valence electrons. The molecule has 0 aliphatic carbocycles. The summed E-state index contributed by atoms with van der Waals surface area (Å²) in [5, 5.41) is 0. The van der Waals surface area contributed by atoms with Gasteiger partial charge in [0.1, 0.15) is 5.60 Å². The van der Waals surface area contributed by atoms with E-state index in [1.807, 2.05) is 74.5 Å². The van der Waals surface area contributed by atoms with Crippen molar-refractivity contribution in [1.82, 2.24) is 0 Å². The summed E-state index contributed by atoms with van der Waals surface area (Å²) < 4.78 is 10.3. The Balaban J connectivity index is 1.91. The van der Waals surface area contributed by atoms with E-state index in [-0.39, 0.29) is 0 Å². The van der Waals surface area contributed by atoms with Crippen molar-refractivity contribution in [1.29, 1.82) is 0 Å². The van der Waals surface area contributed by atoms with Gasteiger partial charge in [-0.3, -0.25) is 0 Å². The summed E-state index contributed by atoms with van der Waals surface area (Å²) >= 11 is 0. The molecule has 0 radical (unpaired) electrons. The van der Waals surface area contributed by atoms with E-state index in [2.05, 4.69) is 0 Å². The minimum atomic E-state index is -0.737. The molecule has 2 aromatic carbocycles. The third kappa shape index (κ3) is 4.49. The van der Waals surface area contributed by atoms with Gasteiger partial charge >= 0.3 is 6.16 Å². The molecule has 0 bridgehead atoms. The van der Waals surface area contributed by atoms with Crippen LogP contribution in [0.2, 0.25) is 0 Å². The lowest BCUT2D eigenvalue weighted by Gasteiger charge is -2.24. The topological polar surface area (TPSA) is 35.5 Å². The first-order chi connectivity index (χ1) is 10.1. The monoisotopic (exact) mass is 282 g/mol. The van der Waals surface area contributed by atoms with E-state index in [1.165, 1.54) is 6.26 Å². The van der Waals surface area contributed by atoms with Gasteiger partial charge in [0, 0.05) is 0 Å². The molecule has 0 fully saturated rings. The van der Waals surface area contributed by atoms with Crippen LogP contribution in [0.4, 0.5) is 4.79 Å². The van der Waals surface area contributed by atoms with Gasteiger partial charge in [-0.2, -0.15) is 0 Å². The van der Waals surface area contributed by atoms with Crippen molar-refractivity contribution in [2.75, 3.05) is 0 Å². The molecule has 0 saturated heterocycles. The number of rotatable bonds is 4. The van der Waals surface area contributed by atoms with Crippen LogP contribution >= 0.6 is 0 Å². The molecule has 0 aliphatic heterocycles. The van der Waals surface area contributed by atoms with Crippen LogP contribution in [0, 0.1) is 0 Å². The normalized spacial score (nSPS) is 11.3. The van der Waals surface area contributed by atoms with Gasteiger partial charge in [0.15, 0.2) is 0 Å². The summed E-state index contributed by atoms with van der Waals surface area (Å²) in [5.74, 6) is 0. The van der Waals surface area contributed by atoms with Crippen molar-refractivity contribution < 1.29 is 14.3 Å². The Labute approximate surface area is 124 Å². The van der Waals surface area contributed by atoms with E-state index in [0.29, 0.717) is 0 Å². The maximum atomic E-state index is 11.7. The number of carbonyl (C=O) groups is 1. The van der Waals surface area contributed by atoms with Gasteiger partial charge < -0.3 is 9.47 Å². The summed E-state index contributed by atoms with van der Waals surface area (Å²) in [6.07, 6.45) is 2.31. The molecule has 21 heavy (non-hydrogen) atoms.